The molecule has 0 aromatic heterocycles. The predicted molar refractivity (Wildman–Crippen MR) is 40.4 cm³/mol. The van der Waals surface area contributed by atoms with Crippen molar-refractivity contribution < 1.29 is 14.9 Å². The molecular formula is C5H8BN3O3. The number of hydrogen-bond donors (Lipinski definition) is 2. The summed E-state index contributed by atoms with van der Waals surface area (Å²) in [5.41, 5.74) is 8.09. The zero-order chi connectivity index (χ0) is 9.14. The van der Waals surface area contributed by atoms with Crippen LogP contribution in [0.15, 0.2) is 5.11 Å². The Morgan fingerprint density at radius 3 is 2.75 bits per heavy atom. The van der Waals surface area contributed by atoms with Crippen LogP contribution in [0.2, 0.25) is 0 Å². The summed E-state index contributed by atoms with van der Waals surface area (Å²) in [6.07, 6.45) is -1.78. The van der Waals surface area contributed by atoms with E-state index in [0.717, 1.165) is 0 Å². The first kappa shape index (κ1) is 9.34. The summed E-state index contributed by atoms with van der Waals surface area (Å²) in [7, 11) is 5.36. The summed E-state index contributed by atoms with van der Waals surface area (Å²) in [5, 5.41) is 21.2. The fraction of sp³-hybridized carbons (Fsp3) is 1.00. The highest BCUT2D eigenvalue weighted by molar-refractivity contribution is 6.11. The molecule has 1 saturated heterocycles. The van der Waals surface area contributed by atoms with Crippen molar-refractivity contribution in [3.8, 4) is 0 Å². The van der Waals surface area contributed by atoms with E-state index in [1.165, 1.54) is 0 Å². The molecule has 0 bridgehead atoms. The monoisotopic (exact) mass is 169 g/mol. The van der Waals surface area contributed by atoms with Crippen LogP contribution in [-0.2, 0) is 4.74 Å². The quantitative estimate of drug-likeness (QED) is 0.238. The van der Waals surface area contributed by atoms with Crippen molar-refractivity contribution in [1.82, 2.24) is 0 Å². The van der Waals surface area contributed by atoms with E-state index in [4.69, 9.17) is 23.2 Å². The maximum atomic E-state index is 9.32. The molecule has 1 aliphatic rings. The third-order valence-corrected chi connectivity index (χ3v) is 1.76. The molecule has 6 nitrogen and oxygen atoms in total. The lowest BCUT2D eigenvalue weighted by atomic mass is 9.91. The highest BCUT2D eigenvalue weighted by atomic mass is 16.5. The van der Waals surface area contributed by atoms with Crippen LogP contribution in [0, 0.1) is 0 Å². The van der Waals surface area contributed by atoms with Gasteiger partial charge in [0.25, 0.3) is 0 Å². The molecule has 0 aromatic carbocycles. The number of azide groups is 1. The molecular weight excluding hydrogens is 161 g/mol. The third-order valence-electron chi connectivity index (χ3n) is 1.76. The molecule has 2 radical (unpaired) electrons. The highest BCUT2D eigenvalue weighted by Crippen LogP contribution is 2.21. The first-order chi connectivity index (χ1) is 5.70. The molecule has 4 atom stereocenters. The van der Waals surface area contributed by atoms with E-state index in [1.807, 2.05) is 0 Å². The molecule has 1 heterocycles. The zero-order valence-corrected chi connectivity index (χ0v) is 6.24. The Morgan fingerprint density at radius 1 is 1.67 bits per heavy atom. The summed E-state index contributed by atoms with van der Waals surface area (Å²) in [6, 6.07) is -1.65. The normalized spacial score (nSPS) is 40.8. The summed E-state index contributed by atoms with van der Waals surface area (Å²) in [4.78, 5) is 2.51. The minimum Gasteiger partial charge on any atom is -0.394 e. The first-order valence-corrected chi connectivity index (χ1v) is 3.45. The number of ether oxygens (including phenoxy) is 1. The van der Waals surface area contributed by atoms with Gasteiger partial charge in [0, 0.05) is 10.9 Å². The second-order valence-corrected chi connectivity index (χ2v) is 2.51. The van der Waals surface area contributed by atoms with Gasteiger partial charge < -0.3 is 14.9 Å². The zero-order valence-electron chi connectivity index (χ0n) is 6.24. The van der Waals surface area contributed by atoms with E-state index in [9.17, 15) is 5.11 Å². The van der Waals surface area contributed by atoms with Crippen molar-refractivity contribution >= 4 is 7.85 Å². The molecule has 0 unspecified atom stereocenters. The van der Waals surface area contributed by atoms with Crippen LogP contribution in [0.25, 0.3) is 10.4 Å². The van der Waals surface area contributed by atoms with Gasteiger partial charge >= 0.3 is 0 Å². The second-order valence-electron chi connectivity index (χ2n) is 2.51. The number of aliphatic hydroxyl groups excluding tert-OH is 2. The number of hydrogen-bond acceptors (Lipinski definition) is 4. The van der Waals surface area contributed by atoms with Gasteiger partial charge in [-0.15, -0.1) is 0 Å². The Morgan fingerprint density at radius 2 is 2.33 bits per heavy atom. The molecule has 12 heavy (non-hydrogen) atoms. The van der Waals surface area contributed by atoms with Gasteiger partial charge in [0.05, 0.1) is 18.8 Å². The van der Waals surface area contributed by atoms with Crippen LogP contribution in [-0.4, -0.2) is 48.9 Å². The average molecular weight is 169 g/mol. The van der Waals surface area contributed by atoms with E-state index in [-0.39, 0.29) is 6.61 Å². The van der Waals surface area contributed by atoms with Gasteiger partial charge in [0.1, 0.15) is 14.0 Å². The minimum atomic E-state index is -1.03. The van der Waals surface area contributed by atoms with Gasteiger partial charge in [0.15, 0.2) is 0 Å². The number of nitrogens with zero attached hydrogens (tertiary/aromatic N) is 3. The van der Waals surface area contributed by atoms with E-state index < -0.39 is 24.3 Å². The van der Waals surface area contributed by atoms with Crippen molar-refractivity contribution in [2.45, 2.75) is 24.3 Å². The lowest BCUT2D eigenvalue weighted by molar-refractivity contribution is -0.00436. The highest BCUT2D eigenvalue weighted by Gasteiger charge is 2.39. The van der Waals surface area contributed by atoms with E-state index in [2.05, 4.69) is 10.0 Å². The van der Waals surface area contributed by atoms with Crippen molar-refractivity contribution in [3.05, 3.63) is 10.4 Å². The largest absolute Gasteiger partial charge is 0.394 e. The molecule has 1 rings (SSSR count). The van der Waals surface area contributed by atoms with Gasteiger partial charge in [-0.1, -0.05) is 5.11 Å². The van der Waals surface area contributed by atoms with Gasteiger partial charge in [-0.05, 0) is 5.53 Å². The summed E-state index contributed by atoms with van der Waals surface area (Å²) < 4.78 is 4.90. The molecule has 0 aliphatic carbocycles. The SMILES string of the molecule is [B][C@@H]1O[C@H](CO)[C@@H](O)[C@H]1N=[N+]=[N-]. The molecule has 1 fully saturated rings. The summed E-state index contributed by atoms with van der Waals surface area (Å²) in [6.45, 7) is -0.341. The van der Waals surface area contributed by atoms with Gasteiger partial charge in [-0.3, -0.25) is 0 Å². The fourth-order valence-corrected chi connectivity index (χ4v) is 1.12. The lowest BCUT2D eigenvalue weighted by Crippen LogP contribution is -2.32. The minimum absolute atomic E-state index is 0.341. The molecule has 64 valence electrons. The molecule has 0 saturated carbocycles. The maximum Gasteiger partial charge on any atom is 0.109 e. The van der Waals surface area contributed by atoms with Crippen LogP contribution < -0.4 is 0 Å². The van der Waals surface area contributed by atoms with Crippen LogP contribution in [0.5, 0.6) is 0 Å². The Labute approximate surface area is 70.2 Å². The van der Waals surface area contributed by atoms with Crippen molar-refractivity contribution in [2.24, 2.45) is 5.11 Å². The predicted octanol–water partition coefficient (Wildman–Crippen LogP) is -1.09. The van der Waals surface area contributed by atoms with Crippen molar-refractivity contribution in [1.29, 1.82) is 0 Å². The smallest absolute Gasteiger partial charge is 0.109 e. The molecule has 0 spiro atoms. The average Bonchev–Trinajstić information content (AvgIpc) is 2.32. The summed E-state index contributed by atoms with van der Waals surface area (Å²) >= 11 is 0. The topological polar surface area (TPSA) is 98.5 Å². The van der Waals surface area contributed by atoms with Crippen LogP contribution in [0.1, 0.15) is 0 Å². The van der Waals surface area contributed by atoms with Gasteiger partial charge in [0.2, 0.25) is 0 Å². The van der Waals surface area contributed by atoms with Crippen molar-refractivity contribution in [3.63, 3.8) is 0 Å². The summed E-state index contributed by atoms with van der Waals surface area (Å²) in [5.74, 6) is 0. The molecule has 0 amide bonds. The second kappa shape index (κ2) is 3.77. The van der Waals surface area contributed by atoms with Crippen LogP contribution in [0.3, 0.4) is 0 Å². The number of rotatable bonds is 2. The first-order valence-electron chi connectivity index (χ1n) is 3.45. The molecule has 7 heteroatoms. The maximum absolute atomic E-state index is 9.32. The lowest BCUT2D eigenvalue weighted by Gasteiger charge is -2.11. The Hall–Kier alpha value is -0.745. The van der Waals surface area contributed by atoms with Crippen LogP contribution >= 0.6 is 0 Å². The Kier molecular flexibility index (Phi) is 2.94. The molecule has 1 aliphatic heterocycles. The molecule has 2 N–H and O–H groups in total. The van der Waals surface area contributed by atoms with Gasteiger partial charge in [-0.2, -0.15) is 0 Å². The molecule has 0 aromatic rings. The fourth-order valence-electron chi connectivity index (χ4n) is 1.12. The van der Waals surface area contributed by atoms with Gasteiger partial charge in [-0.25, -0.2) is 0 Å². The Balaban J connectivity index is 2.69. The van der Waals surface area contributed by atoms with Crippen LogP contribution in [0.4, 0.5) is 0 Å². The Bertz CT molecular complexity index is 208. The van der Waals surface area contributed by atoms with E-state index >= 15 is 0 Å². The standard InChI is InChI=1S/C5H8BN3O3/c6-5-3(8-9-7)4(11)2(1-10)12-5/h2-5,10-11H,1H2/t2-,3-,4-,5-/m1/s1. The number of aliphatic hydroxyl groups is 2. The van der Waals surface area contributed by atoms with Crippen molar-refractivity contribution in [2.75, 3.05) is 6.61 Å². The van der Waals surface area contributed by atoms with E-state index in [1.54, 1.807) is 0 Å². The van der Waals surface area contributed by atoms with E-state index in [0.29, 0.717) is 0 Å². The third kappa shape index (κ3) is 1.54.